The topological polar surface area (TPSA) is 172 Å². The van der Waals surface area contributed by atoms with Crippen molar-refractivity contribution in [2.45, 2.75) is 19.4 Å². The summed E-state index contributed by atoms with van der Waals surface area (Å²) < 4.78 is 0.226. The molecule has 0 radical (unpaired) electrons. The molecule has 1 aliphatic rings. The number of allylic oxidation sites excluding steroid dienone is 3. The smallest absolute Gasteiger partial charge is 0.201 e. The van der Waals surface area contributed by atoms with Gasteiger partial charge in [-0.15, -0.1) is 11.3 Å². The fourth-order valence-corrected chi connectivity index (χ4v) is 8.22. The van der Waals surface area contributed by atoms with Crippen LogP contribution in [0.3, 0.4) is 0 Å². The van der Waals surface area contributed by atoms with E-state index in [2.05, 4.69) is 0 Å². The zero-order valence-corrected chi connectivity index (χ0v) is 30.1. The van der Waals surface area contributed by atoms with Crippen LogP contribution >= 0.6 is 11.3 Å². The fraction of sp³-hybridized carbons (Fsp3) is 0.0667. The summed E-state index contributed by atoms with van der Waals surface area (Å²) in [6.45, 7) is 0.0984. The van der Waals surface area contributed by atoms with Crippen molar-refractivity contribution >= 4 is 48.8 Å². The maximum Gasteiger partial charge on any atom is 0.201 e. The van der Waals surface area contributed by atoms with Gasteiger partial charge in [-0.1, -0.05) is 127 Å². The molecular weight excluding hydrogens is 711 g/mol. The largest absolute Gasteiger partial charge is 0.506 e. The summed E-state index contributed by atoms with van der Waals surface area (Å²) in [5.74, 6) is -3.91. The number of phenolic OH excluding ortho intramolecular Hbond substituents is 6. The molecule has 8 N–H and O–H groups in total. The van der Waals surface area contributed by atoms with Crippen molar-refractivity contribution in [3.8, 4) is 56.8 Å². The SMILES string of the molecule is N/C(=N\C(=N/Cc1ccc(-c2ccccc2)cc1)c1c(O)c(O)c(O)c2c1sc1c(O)c(-c3ccccc3)c(O)c(O)c12)C1=CC=C(c2ccccc2)CC1. The van der Waals surface area contributed by atoms with Gasteiger partial charge in [-0.25, -0.2) is 4.99 Å². The lowest BCUT2D eigenvalue weighted by Crippen LogP contribution is -2.19. The van der Waals surface area contributed by atoms with Gasteiger partial charge in [-0.3, -0.25) is 4.99 Å². The molecule has 272 valence electrons. The Morgan fingerprint density at radius 3 is 1.73 bits per heavy atom. The van der Waals surface area contributed by atoms with Gasteiger partial charge in [-0.05, 0) is 51.8 Å². The minimum atomic E-state index is -0.895. The highest BCUT2D eigenvalue weighted by atomic mass is 32.1. The molecule has 0 saturated carbocycles. The summed E-state index contributed by atoms with van der Waals surface area (Å²) in [7, 11) is 0. The zero-order chi connectivity index (χ0) is 38.2. The number of hydrogen-bond donors (Lipinski definition) is 7. The lowest BCUT2D eigenvalue weighted by Gasteiger charge is -2.16. The minimum Gasteiger partial charge on any atom is -0.506 e. The number of rotatable bonds is 7. The first-order valence-corrected chi connectivity index (χ1v) is 18.4. The van der Waals surface area contributed by atoms with E-state index in [1.807, 2.05) is 97.1 Å². The molecule has 0 amide bonds. The van der Waals surface area contributed by atoms with E-state index in [-0.39, 0.29) is 55.3 Å². The number of fused-ring (bicyclic) bond motifs is 3. The second-order valence-corrected chi connectivity index (χ2v) is 14.2. The standard InChI is InChI=1S/C45H35N3O6S/c46-44(31-22-20-29(21-23-31)27-12-6-2-7-13-27)48-45(47-24-25-16-18-28(19-17-25)26-10-4-1-5-11-26)35-39(52)41(54)38(51)33-34-37(50)36(49)32(30-14-8-3-9-15-30)40(53)43(34)55-42(33)35/h1-20,22,49-54H,21,23-24H2,(H2,46,47,48). The molecule has 1 heterocycles. The lowest BCUT2D eigenvalue weighted by molar-refractivity contribution is 0.371. The highest BCUT2D eigenvalue weighted by Gasteiger charge is 2.31. The molecule has 55 heavy (non-hydrogen) atoms. The van der Waals surface area contributed by atoms with Gasteiger partial charge in [-0.2, -0.15) is 0 Å². The van der Waals surface area contributed by atoms with E-state index in [1.165, 1.54) is 0 Å². The number of hydrogen-bond acceptors (Lipinski definition) is 8. The summed E-state index contributed by atoms with van der Waals surface area (Å²) in [4.78, 5) is 9.58. The Morgan fingerprint density at radius 2 is 1.11 bits per heavy atom. The van der Waals surface area contributed by atoms with E-state index >= 15 is 0 Å². The molecule has 0 saturated heterocycles. The fourth-order valence-electron chi connectivity index (χ4n) is 6.93. The van der Waals surface area contributed by atoms with Crippen molar-refractivity contribution in [2.75, 3.05) is 0 Å². The molecular formula is C45H35N3O6S. The van der Waals surface area contributed by atoms with Crippen molar-refractivity contribution in [3.05, 3.63) is 150 Å². The second-order valence-electron chi connectivity index (χ2n) is 13.2. The van der Waals surface area contributed by atoms with Gasteiger partial charge in [0, 0.05) is 0 Å². The van der Waals surface area contributed by atoms with Crippen LogP contribution in [0, 0.1) is 0 Å². The molecule has 0 unspecified atom stereocenters. The third-order valence-electron chi connectivity index (χ3n) is 9.82. The van der Waals surface area contributed by atoms with E-state index in [1.54, 1.807) is 30.3 Å². The average molecular weight is 746 g/mol. The average Bonchev–Trinajstić information content (AvgIpc) is 3.63. The number of amidine groups is 2. The number of benzene rings is 6. The Kier molecular flexibility index (Phi) is 9.18. The Bertz CT molecular complexity index is 2720. The molecule has 7 aromatic rings. The van der Waals surface area contributed by atoms with E-state index in [4.69, 9.17) is 15.7 Å². The Labute approximate surface area is 319 Å². The summed E-state index contributed by atoms with van der Waals surface area (Å²) in [6, 6.07) is 36.4. The van der Waals surface area contributed by atoms with Gasteiger partial charge in [0.15, 0.2) is 28.8 Å². The zero-order valence-electron chi connectivity index (χ0n) is 29.3. The van der Waals surface area contributed by atoms with Gasteiger partial charge >= 0.3 is 0 Å². The number of thiophene rings is 1. The van der Waals surface area contributed by atoms with Crippen LogP contribution in [0.1, 0.15) is 29.5 Å². The summed E-state index contributed by atoms with van der Waals surface area (Å²) in [6.07, 6.45) is 5.19. The van der Waals surface area contributed by atoms with E-state index in [0.29, 0.717) is 18.4 Å². The van der Waals surface area contributed by atoms with Crippen LogP contribution in [0.4, 0.5) is 0 Å². The predicted octanol–water partition coefficient (Wildman–Crippen LogP) is 9.73. The molecule has 0 fully saturated rings. The number of phenols is 6. The van der Waals surface area contributed by atoms with Gasteiger partial charge in [0.1, 0.15) is 11.6 Å². The van der Waals surface area contributed by atoms with Gasteiger partial charge in [0.05, 0.1) is 37.8 Å². The number of aromatic hydroxyl groups is 6. The third-order valence-corrected chi connectivity index (χ3v) is 11.0. The predicted molar refractivity (Wildman–Crippen MR) is 220 cm³/mol. The molecule has 1 aromatic heterocycles. The van der Waals surface area contributed by atoms with Crippen molar-refractivity contribution < 1.29 is 30.6 Å². The van der Waals surface area contributed by atoms with Gasteiger partial charge in [0.2, 0.25) is 5.75 Å². The highest BCUT2D eigenvalue weighted by molar-refractivity contribution is 7.26. The van der Waals surface area contributed by atoms with Crippen molar-refractivity contribution in [1.29, 1.82) is 0 Å². The Balaban J connectivity index is 1.31. The molecule has 8 rings (SSSR count). The molecule has 10 heteroatoms. The van der Waals surface area contributed by atoms with Crippen LogP contribution in [-0.4, -0.2) is 42.3 Å². The molecule has 0 bridgehead atoms. The molecule has 6 aromatic carbocycles. The first kappa shape index (κ1) is 35.0. The summed E-state index contributed by atoms with van der Waals surface area (Å²) >= 11 is 0.927. The lowest BCUT2D eigenvalue weighted by atomic mass is 9.93. The maximum atomic E-state index is 11.6. The quantitative estimate of drug-likeness (QED) is 0.0368. The van der Waals surface area contributed by atoms with E-state index in [9.17, 15) is 30.6 Å². The molecule has 0 spiro atoms. The van der Waals surface area contributed by atoms with Crippen LogP contribution in [0.25, 0.3) is 48.0 Å². The number of nitrogens with two attached hydrogens (primary N) is 1. The Hall–Kier alpha value is -7.04. The molecule has 0 aliphatic heterocycles. The van der Waals surface area contributed by atoms with Gasteiger partial charge < -0.3 is 36.4 Å². The van der Waals surface area contributed by atoms with Crippen molar-refractivity contribution in [1.82, 2.24) is 0 Å². The summed E-state index contributed by atoms with van der Waals surface area (Å²) in [5.41, 5.74) is 12.9. The first-order chi connectivity index (χ1) is 26.7. The van der Waals surface area contributed by atoms with E-state index in [0.717, 1.165) is 44.7 Å². The van der Waals surface area contributed by atoms with Crippen LogP contribution in [0.5, 0.6) is 34.5 Å². The molecule has 0 atom stereocenters. The normalized spacial score (nSPS) is 13.6. The summed E-state index contributed by atoms with van der Waals surface area (Å²) in [5, 5.41) is 67.9. The minimum absolute atomic E-state index is 0.0195. The maximum absolute atomic E-state index is 11.6. The van der Waals surface area contributed by atoms with Crippen LogP contribution < -0.4 is 5.73 Å². The van der Waals surface area contributed by atoms with Gasteiger partial charge in [0.25, 0.3) is 0 Å². The van der Waals surface area contributed by atoms with Crippen LogP contribution in [0.15, 0.2) is 143 Å². The highest BCUT2D eigenvalue weighted by Crippen LogP contribution is 2.59. The first-order valence-electron chi connectivity index (χ1n) is 17.6. The van der Waals surface area contributed by atoms with Crippen LogP contribution in [-0.2, 0) is 6.54 Å². The second kappa shape index (κ2) is 14.4. The number of aliphatic imine (C=N–C) groups is 2. The van der Waals surface area contributed by atoms with Crippen molar-refractivity contribution in [3.63, 3.8) is 0 Å². The number of nitrogens with zero attached hydrogens (tertiary/aromatic N) is 2. The Morgan fingerprint density at radius 1 is 0.545 bits per heavy atom. The molecule has 9 nitrogen and oxygen atoms in total. The third kappa shape index (κ3) is 6.38. The molecule has 1 aliphatic carbocycles. The van der Waals surface area contributed by atoms with E-state index < -0.39 is 28.7 Å². The monoisotopic (exact) mass is 745 g/mol. The van der Waals surface area contributed by atoms with Crippen molar-refractivity contribution in [2.24, 2.45) is 15.7 Å². The van der Waals surface area contributed by atoms with Crippen LogP contribution in [0.2, 0.25) is 0 Å².